The van der Waals surface area contributed by atoms with Crippen molar-refractivity contribution in [2.24, 2.45) is 22.7 Å². The van der Waals surface area contributed by atoms with E-state index in [4.69, 9.17) is 18.6 Å². The SMILES string of the molecule is CC(=O)O[C@H]1C[C@]2(O)C3CC[C@]4(O[C@@H]5OC(CO)[C@@H](O)C(O)C5O)C=CCC[C@]4(C=O)C3CC[C@]2(C)[C@H]1c1ccc(=O)oc1. The van der Waals surface area contributed by atoms with Crippen molar-refractivity contribution >= 4 is 12.3 Å². The van der Waals surface area contributed by atoms with Gasteiger partial charge in [0.1, 0.15) is 42.4 Å². The quantitative estimate of drug-likeness (QED) is 0.130. The standard InChI is InChI=1S/C32H42O12/c1-17(35)42-21-13-32(40)20-8-12-31(44-28-27(39)26(38)25(37)22(14-33)43-28)10-4-3-9-30(31,16-34)19(20)7-11-29(32,2)24(21)18-5-6-23(36)41-15-18/h4-6,10,15-16,19-22,24-28,33,37-40H,3,7-9,11-14H2,1-2H3/t19?,20?,21-,22?,24-,25+,26?,27?,28-,29+,30-,31+,32-/m0/s1. The van der Waals surface area contributed by atoms with Crippen LogP contribution in [-0.2, 0) is 23.8 Å². The summed E-state index contributed by atoms with van der Waals surface area (Å²) >= 11 is 0. The van der Waals surface area contributed by atoms with Gasteiger partial charge in [-0.25, -0.2) is 4.79 Å². The molecule has 3 saturated carbocycles. The maximum absolute atomic E-state index is 13.4. The molecule has 0 radical (unpaired) electrons. The largest absolute Gasteiger partial charge is 0.462 e. The minimum atomic E-state index is -1.64. The maximum atomic E-state index is 13.4. The first kappa shape index (κ1) is 31.5. The summed E-state index contributed by atoms with van der Waals surface area (Å²) in [6, 6.07) is 2.96. The van der Waals surface area contributed by atoms with E-state index in [0.29, 0.717) is 37.7 Å². The van der Waals surface area contributed by atoms with Gasteiger partial charge in [-0.2, -0.15) is 0 Å². The molecule has 242 valence electrons. The molecule has 44 heavy (non-hydrogen) atoms. The van der Waals surface area contributed by atoms with Crippen molar-refractivity contribution in [1.82, 2.24) is 0 Å². The molecule has 2 heterocycles. The molecule has 1 aliphatic heterocycles. The predicted molar refractivity (Wildman–Crippen MR) is 151 cm³/mol. The highest BCUT2D eigenvalue weighted by Gasteiger charge is 2.73. The van der Waals surface area contributed by atoms with E-state index in [1.54, 1.807) is 6.07 Å². The summed E-state index contributed by atoms with van der Waals surface area (Å²) in [5.41, 5.74) is -4.39. The van der Waals surface area contributed by atoms with Crippen LogP contribution in [0.15, 0.2) is 39.8 Å². The van der Waals surface area contributed by atoms with Crippen molar-refractivity contribution in [2.75, 3.05) is 6.61 Å². The van der Waals surface area contributed by atoms with Crippen molar-refractivity contribution in [3.05, 3.63) is 46.5 Å². The Morgan fingerprint density at radius 3 is 2.50 bits per heavy atom. The first-order valence-electron chi connectivity index (χ1n) is 15.5. The summed E-state index contributed by atoms with van der Waals surface area (Å²) in [7, 11) is 0. The lowest BCUT2D eigenvalue weighted by Crippen LogP contribution is -2.69. The molecular formula is C32H42O12. The van der Waals surface area contributed by atoms with Crippen molar-refractivity contribution in [1.29, 1.82) is 0 Å². The molecule has 13 atom stereocenters. The Bertz CT molecular complexity index is 1340. The van der Waals surface area contributed by atoms with E-state index in [9.17, 15) is 39.9 Å². The second-order valence-corrected chi connectivity index (χ2v) is 13.7. The number of aliphatic hydroxyl groups excluding tert-OH is 4. The monoisotopic (exact) mass is 618 g/mol. The minimum absolute atomic E-state index is 0.138. The van der Waals surface area contributed by atoms with Crippen LogP contribution in [0, 0.1) is 22.7 Å². The maximum Gasteiger partial charge on any atom is 0.335 e. The molecule has 12 nitrogen and oxygen atoms in total. The molecule has 5 N–H and O–H groups in total. The van der Waals surface area contributed by atoms with Gasteiger partial charge in [0, 0.05) is 30.7 Å². The molecule has 1 aromatic heterocycles. The summed E-state index contributed by atoms with van der Waals surface area (Å²) in [6.07, 6.45) is 0.755. The van der Waals surface area contributed by atoms with Gasteiger partial charge in [-0.05, 0) is 62.0 Å². The Kier molecular flexibility index (Phi) is 7.96. The molecule has 0 amide bonds. The van der Waals surface area contributed by atoms with E-state index in [0.717, 1.165) is 6.29 Å². The molecule has 0 aromatic carbocycles. The van der Waals surface area contributed by atoms with Gasteiger partial charge in [-0.1, -0.05) is 19.1 Å². The first-order valence-corrected chi connectivity index (χ1v) is 15.5. The highest BCUT2D eigenvalue weighted by molar-refractivity contribution is 5.67. The zero-order chi connectivity index (χ0) is 31.7. The highest BCUT2D eigenvalue weighted by atomic mass is 16.7. The van der Waals surface area contributed by atoms with E-state index in [1.807, 2.05) is 19.1 Å². The van der Waals surface area contributed by atoms with E-state index < -0.39 is 83.0 Å². The Morgan fingerprint density at radius 2 is 1.84 bits per heavy atom. The minimum Gasteiger partial charge on any atom is -0.462 e. The number of allylic oxidation sites excluding steroid dienone is 1. The number of carbonyl (C=O) groups excluding carboxylic acids is 2. The topological polar surface area (TPSA) is 193 Å². The molecule has 0 spiro atoms. The average molecular weight is 619 g/mol. The normalized spacial score (nSPS) is 48.1. The number of carbonyl (C=O) groups is 2. The van der Waals surface area contributed by atoms with Gasteiger partial charge in [-0.3, -0.25) is 4.79 Å². The van der Waals surface area contributed by atoms with E-state index in [-0.39, 0.29) is 24.7 Å². The van der Waals surface area contributed by atoms with Crippen LogP contribution in [0.4, 0.5) is 0 Å². The molecule has 12 heteroatoms. The summed E-state index contributed by atoms with van der Waals surface area (Å²) in [5.74, 6) is -1.69. The summed E-state index contributed by atoms with van der Waals surface area (Å²) < 4.78 is 23.2. The number of ether oxygens (including phenoxy) is 3. The van der Waals surface area contributed by atoms with Gasteiger partial charge in [0.25, 0.3) is 0 Å². The molecule has 1 aromatic rings. The molecule has 5 aliphatic rings. The molecule has 1 saturated heterocycles. The Labute approximate surface area is 254 Å². The Morgan fingerprint density at radius 1 is 1.09 bits per heavy atom. The van der Waals surface area contributed by atoms with Crippen molar-refractivity contribution in [3.8, 4) is 0 Å². The zero-order valence-corrected chi connectivity index (χ0v) is 24.9. The van der Waals surface area contributed by atoms with Crippen LogP contribution < -0.4 is 5.63 Å². The lowest BCUT2D eigenvalue weighted by molar-refractivity contribution is -0.343. The van der Waals surface area contributed by atoms with Crippen LogP contribution in [0.5, 0.6) is 0 Å². The third kappa shape index (κ3) is 4.40. The number of fused-ring (bicyclic) bond motifs is 5. The first-order chi connectivity index (χ1) is 20.9. The molecule has 5 unspecified atom stereocenters. The number of esters is 1. The molecular weight excluding hydrogens is 576 g/mol. The number of hydrogen-bond donors (Lipinski definition) is 5. The predicted octanol–water partition coefficient (Wildman–Crippen LogP) is 0.707. The highest BCUT2D eigenvalue weighted by Crippen LogP contribution is 2.71. The second kappa shape index (κ2) is 11.1. The smallest absolute Gasteiger partial charge is 0.335 e. The van der Waals surface area contributed by atoms with E-state index >= 15 is 0 Å². The fraction of sp³-hybridized carbons (Fsp3) is 0.719. The number of aldehydes is 1. The van der Waals surface area contributed by atoms with Crippen molar-refractivity contribution < 1.29 is 53.7 Å². The van der Waals surface area contributed by atoms with Gasteiger partial charge < -0.3 is 49.0 Å². The van der Waals surface area contributed by atoms with Gasteiger partial charge in [-0.15, -0.1) is 0 Å². The van der Waals surface area contributed by atoms with Crippen LogP contribution in [-0.4, -0.2) is 92.4 Å². The van der Waals surface area contributed by atoms with Crippen LogP contribution in [0.3, 0.4) is 0 Å². The van der Waals surface area contributed by atoms with Crippen molar-refractivity contribution in [3.63, 3.8) is 0 Å². The lowest BCUT2D eigenvalue weighted by atomic mass is 9.42. The average Bonchev–Trinajstić information content (AvgIpc) is 3.23. The fourth-order valence-corrected chi connectivity index (χ4v) is 9.76. The van der Waals surface area contributed by atoms with Crippen LogP contribution in [0.25, 0.3) is 0 Å². The van der Waals surface area contributed by atoms with E-state index in [2.05, 4.69) is 0 Å². The van der Waals surface area contributed by atoms with Gasteiger partial charge in [0.2, 0.25) is 0 Å². The Balaban J connectivity index is 1.38. The molecule has 4 fully saturated rings. The van der Waals surface area contributed by atoms with Gasteiger partial charge in [0.05, 0.1) is 23.9 Å². The third-order valence-electron chi connectivity index (χ3n) is 11.8. The summed E-state index contributed by atoms with van der Waals surface area (Å²) in [5, 5.41) is 54.1. The molecule has 4 aliphatic carbocycles. The summed E-state index contributed by atoms with van der Waals surface area (Å²) in [4.78, 5) is 37.4. The van der Waals surface area contributed by atoms with Crippen LogP contribution in [0.1, 0.15) is 70.3 Å². The van der Waals surface area contributed by atoms with Crippen LogP contribution in [0.2, 0.25) is 0 Å². The number of aliphatic hydroxyl groups is 5. The van der Waals surface area contributed by atoms with Crippen molar-refractivity contribution in [2.45, 2.75) is 113 Å². The second-order valence-electron chi connectivity index (χ2n) is 13.7. The van der Waals surface area contributed by atoms with Crippen LogP contribution >= 0.6 is 0 Å². The fourth-order valence-electron chi connectivity index (χ4n) is 9.76. The molecule has 0 bridgehead atoms. The van der Waals surface area contributed by atoms with Gasteiger partial charge >= 0.3 is 11.6 Å². The lowest BCUT2D eigenvalue weighted by Gasteiger charge is -2.65. The number of rotatable bonds is 6. The zero-order valence-electron chi connectivity index (χ0n) is 24.9. The van der Waals surface area contributed by atoms with E-state index in [1.165, 1.54) is 19.3 Å². The number of hydrogen-bond acceptors (Lipinski definition) is 12. The Hall–Kier alpha value is -2.45. The van der Waals surface area contributed by atoms with Gasteiger partial charge in [0.15, 0.2) is 6.29 Å². The summed E-state index contributed by atoms with van der Waals surface area (Å²) in [6.45, 7) is 2.68. The third-order valence-corrected chi connectivity index (χ3v) is 11.8. The molecule has 6 rings (SSSR count).